The minimum absolute atomic E-state index is 0.264. The Morgan fingerprint density at radius 2 is 1.83 bits per heavy atom. The van der Waals surface area contributed by atoms with E-state index in [4.69, 9.17) is 16.3 Å². The van der Waals surface area contributed by atoms with Crippen molar-refractivity contribution in [1.82, 2.24) is 5.32 Å². The lowest BCUT2D eigenvalue weighted by Crippen LogP contribution is -2.47. The van der Waals surface area contributed by atoms with Gasteiger partial charge in [-0.15, -0.1) is 0 Å². The highest BCUT2D eigenvalue weighted by Crippen LogP contribution is 2.31. The van der Waals surface area contributed by atoms with Gasteiger partial charge in [0.15, 0.2) is 0 Å². The van der Waals surface area contributed by atoms with Crippen LogP contribution < -0.4 is 14.4 Å². The molecule has 0 unspecified atom stereocenters. The van der Waals surface area contributed by atoms with Crippen LogP contribution in [0, 0.1) is 0 Å². The zero-order chi connectivity index (χ0) is 22.5. The van der Waals surface area contributed by atoms with Gasteiger partial charge in [-0.1, -0.05) is 43.6 Å². The van der Waals surface area contributed by atoms with E-state index in [0.29, 0.717) is 18.0 Å². The average molecular weight is 453 g/mol. The van der Waals surface area contributed by atoms with E-state index >= 15 is 0 Å². The van der Waals surface area contributed by atoms with Crippen molar-refractivity contribution in [2.45, 2.75) is 46.2 Å². The van der Waals surface area contributed by atoms with Crippen molar-refractivity contribution in [3.8, 4) is 5.75 Å². The summed E-state index contributed by atoms with van der Waals surface area (Å²) in [7, 11) is -2.26. The highest BCUT2D eigenvalue weighted by Gasteiger charge is 2.29. The smallest absolute Gasteiger partial charge is 0.243 e. The second-order valence-corrected chi connectivity index (χ2v) is 9.35. The molecule has 0 aromatic heterocycles. The summed E-state index contributed by atoms with van der Waals surface area (Å²) in [6.45, 7) is 6.03. The number of nitrogens with one attached hydrogen (secondary N) is 1. The van der Waals surface area contributed by atoms with E-state index in [1.807, 2.05) is 0 Å². The molecule has 0 bridgehead atoms. The Bertz CT molecular complexity index is 1010. The van der Waals surface area contributed by atoms with E-state index < -0.39 is 22.0 Å². The topological polar surface area (TPSA) is 75.7 Å². The molecule has 1 N–H and O–H groups in total. The van der Waals surface area contributed by atoms with Crippen LogP contribution in [0.5, 0.6) is 5.75 Å². The molecule has 0 aliphatic carbocycles. The van der Waals surface area contributed by atoms with Crippen LogP contribution in [0.2, 0.25) is 5.02 Å². The number of anilines is 1. The number of halogens is 1. The highest BCUT2D eigenvalue weighted by molar-refractivity contribution is 7.92. The first kappa shape index (κ1) is 24.0. The van der Waals surface area contributed by atoms with Crippen LogP contribution in [0.15, 0.2) is 36.4 Å². The summed E-state index contributed by atoms with van der Waals surface area (Å²) in [5.41, 5.74) is 3.68. The molecule has 0 aliphatic rings. The molecule has 0 aliphatic heterocycles. The van der Waals surface area contributed by atoms with Crippen LogP contribution in [0.3, 0.4) is 0 Å². The Labute approximate surface area is 184 Å². The van der Waals surface area contributed by atoms with Crippen molar-refractivity contribution >= 4 is 33.2 Å². The number of amides is 1. The van der Waals surface area contributed by atoms with E-state index in [9.17, 15) is 13.2 Å². The van der Waals surface area contributed by atoms with Gasteiger partial charge in [0, 0.05) is 6.54 Å². The predicted molar refractivity (Wildman–Crippen MR) is 122 cm³/mol. The van der Waals surface area contributed by atoms with E-state index in [2.05, 4.69) is 37.4 Å². The lowest BCUT2D eigenvalue weighted by molar-refractivity contribution is -0.122. The summed E-state index contributed by atoms with van der Waals surface area (Å²) in [5, 5.41) is 3.15. The fourth-order valence-electron chi connectivity index (χ4n) is 3.34. The van der Waals surface area contributed by atoms with Crippen molar-refractivity contribution in [1.29, 1.82) is 0 Å². The molecule has 2 aromatic rings. The summed E-state index contributed by atoms with van der Waals surface area (Å²) in [6, 6.07) is 9.91. The number of methoxy groups -OCH3 is 1. The number of hydrogen-bond donors (Lipinski definition) is 1. The normalized spacial score (nSPS) is 12.3. The second kappa shape index (κ2) is 10.2. The fraction of sp³-hybridized carbons (Fsp3) is 0.409. The van der Waals surface area contributed by atoms with Crippen molar-refractivity contribution in [2.75, 3.05) is 17.7 Å². The molecule has 0 saturated heterocycles. The van der Waals surface area contributed by atoms with Gasteiger partial charge in [-0.3, -0.25) is 9.10 Å². The number of carbonyl (C=O) groups is 1. The molecule has 0 fully saturated rings. The number of benzene rings is 2. The second-order valence-electron chi connectivity index (χ2n) is 7.08. The maximum absolute atomic E-state index is 12.9. The van der Waals surface area contributed by atoms with E-state index in [0.717, 1.165) is 34.5 Å². The Balaban J connectivity index is 2.26. The molecule has 1 atom stereocenters. The third-order valence-corrected chi connectivity index (χ3v) is 6.53. The van der Waals surface area contributed by atoms with Crippen LogP contribution >= 0.6 is 11.6 Å². The Morgan fingerprint density at radius 1 is 1.13 bits per heavy atom. The van der Waals surface area contributed by atoms with Gasteiger partial charge in [-0.05, 0) is 54.7 Å². The summed E-state index contributed by atoms with van der Waals surface area (Å²) >= 11 is 6.16. The van der Waals surface area contributed by atoms with E-state index in [1.165, 1.54) is 18.7 Å². The van der Waals surface area contributed by atoms with E-state index in [1.54, 1.807) is 19.1 Å². The average Bonchev–Trinajstić information content (AvgIpc) is 2.70. The first-order valence-corrected chi connectivity index (χ1v) is 12.1. The monoisotopic (exact) mass is 452 g/mol. The standard InChI is InChI=1S/C22H29ClN2O4S/c1-6-16-8-9-17(7-2)18(12-16)14-24-22(26)15(3)25(30(5,27)28)19-10-11-21(29-4)20(23)13-19/h8-13,15H,6-7,14H2,1-5H3,(H,24,26)/t15-/m1/s1. The molecule has 0 spiro atoms. The molecular formula is C22H29ClN2O4S. The minimum atomic E-state index is -3.73. The van der Waals surface area contributed by atoms with Gasteiger partial charge >= 0.3 is 0 Å². The number of carbonyl (C=O) groups excluding carboxylic acids is 1. The fourth-order valence-corrected chi connectivity index (χ4v) is 4.76. The van der Waals surface area contributed by atoms with Crippen molar-refractivity contribution in [2.24, 2.45) is 0 Å². The quantitative estimate of drug-likeness (QED) is 0.625. The molecular weight excluding hydrogens is 424 g/mol. The maximum Gasteiger partial charge on any atom is 0.243 e. The molecule has 0 saturated carbocycles. The number of aryl methyl sites for hydroxylation is 2. The number of nitrogens with zero attached hydrogens (tertiary/aromatic N) is 1. The van der Waals surface area contributed by atoms with Crippen LogP contribution in [0.1, 0.15) is 37.5 Å². The van der Waals surface area contributed by atoms with Gasteiger partial charge in [-0.25, -0.2) is 8.42 Å². The Kier molecular flexibility index (Phi) is 8.15. The summed E-state index contributed by atoms with van der Waals surface area (Å²) in [6.07, 6.45) is 2.82. The predicted octanol–water partition coefficient (Wildman–Crippen LogP) is 3.94. The molecule has 6 nitrogen and oxygen atoms in total. The van der Waals surface area contributed by atoms with Crippen LogP contribution in [0.25, 0.3) is 0 Å². The maximum atomic E-state index is 12.9. The zero-order valence-corrected chi connectivity index (χ0v) is 19.6. The third kappa shape index (κ3) is 5.67. The first-order valence-electron chi connectivity index (χ1n) is 9.83. The molecule has 8 heteroatoms. The number of ether oxygens (including phenoxy) is 1. The third-order valence-electron chi connectivity index (χ3n) is 4.99. The van der Waals surface area contributed by atoms with Gasteiger partial charge in [0.2, 0.25) is 15.9 Å². The first-order chi connectivity index (χ1) is 14.1. The summed E-state index contributed by atoms with van der Waals surface area (Å²) < 4.78 is 31.1. The van der Waals surface area contributed by atoms with Crippen molar-refractivity contribution in [3.63, 3.8) is 0 Å². The van der Waals surface area contributed by atoms with Gasteiger partial charge in [-0.2, -0.15) is 0 Å². The largest absolute Gasteiger partial charge is 0.495 e. The Hall–Kier alpha value is -2.25. The highest BCUT2D eigenvalue weighted by atomic mass is 35.5. The number of rotatable bonds is 9. The van der Waals surface area contributed by atoms with Crippen molar-refractivity contribution < 1.29 is 17.9 Å². The molecule has 164 valence electrons. The zero-order valence-electron chi connectivity index (χ0n) is 18.0. The van der Waals surface area contributed by atoms with Gasteiger partial charge in [0.1, 0.15) is 11.8 Å². The lowest BCUT2D eigenvalue weighted by Gasteiger charge is -2.28. The molecule has 0 heterocycles. The van der Waals surface area contributed by atoms with Crippen molar-refractivity contribution in [3.05, 3.63) is 58.1 Å². The molecule has 2 rings (SSSR count). The minimum Gasteiger partial charge on any atom is -0.495 e. The number of hydrogen-bond acceptors (Lipinski definition) is 4. The van der Waals surface area contributed by atoms with Crippen LogP contribution in [-0.2, 0) is 34.2 Å². The molecule has 1 amide bonds. The number of sulfonamides is 1. The van der Waals surface area contributed by atoms with E-state index in [-0.39, 0.29) is 5.02 Å². The van der Waals surface area contributed by atoms with Crippen LogP contribution in [0.4, 0.5) is 5.69 Å². The Morgan fingerprint density at radius 3 is 2.37 bits per heavy atom. The molecule has 0 radical (unpaired) electrons. The molecule has 30 heavy (non-hydrogen) atoms. The SMILES string of the molecule is CCc1ccc(CC)c(CNC(=O)[C@@H](C)N(c2ccc(OC)c(Cl)c2)S(C)(=O)=O)c1. The summed E-state index contributed by atoms with van der Waals surface area (Å²) in [4.78, 5) is 12.9. The lowest BCUT2D eigenvalue weighted by atomic mass is 10.0. The van der Waals surface area contributed by atoms with Gasteiger partial charge < -0.3 is 10.1 Å². The molecule has 2 aromatic carbocycles. The van der Waals surface area contributed by atoms with Crippen LogP contribution in [-0.4, -0.2) is 33.7 Å². The van der Waals surface area contributed by atoms with Gasteiger partial charge in [0.25, 0.3) is 0 Å². The van der Waals surface area contributed by atoms with Gasteiger partial charge in [0.05, 0.1) is 24.1 Å². The summed E-state index contributed by atoms with van der Waals surface area (Å²) in [5.74, 6) is 0.0326.